The molecule has 0 saturated heterocycles. The van der Waals surface area contributed by atoms with Gasteiger partial charge in [-0.1, -0.05) is 48.9 Å². The van der Waals surface area contributed by atoms with Crippen molar-refractivity contribution in [1.29, 1.82) is 0 Å². The van der Waals surface area contributed by atoms with Crippen LogP contribution in [0.25, 0.3) is 0 Å². The molecule has 0 aliphatic carbocycles. The zero-order valence-corrected chi connectivity index (χ0v) is 21.7. The number of nitrogens with zero attached hydrogens (tertiary/aromatic N) is 2. The van der Waals surface area contributed by atoms with Gasteiger partial charge in [-0.2, -0.15) is 0 Å². The van der Waals surface area contributed by atoms with Crippen LogP contribution in [0.5, 0.6) is 5.75 Å². The summed E-state index contributed by atoms with van der Waals surface area (Å²) in [5.74, 6) is 0.258. The molecule has 0 saturated carbocycles. The van der Waals surface area contributed by atoms with E-state index >= 15 is 0 Å². The van der Waals surface area contributed by atoms with Crippen molar-refractivity contribution in [2.24, 2.45) is 0 Å². The average molecular weight is 479 g/mol. The molecule has 188 valence electrons. The standard InChI is InChI=1S/C29H38N2O4/c1-6-19-31-25(21-30(28(31)33)20-24-13-11-22(3)12-14-24)10-8-9-23-15-17-26(18-16-23)35-29(4,5)27(32)34-7-2/h11-18,21H,6-10,19-20H2,1-5H3. The van der Waals surface area contributed by atoms with Gasteiger partial charge in [-0.05, 0) is 76.6 Å². The van der Waals surface area contributed by atoms with Crippen LogP contribution in [0.1, 0.15) is 62.9 Å². The first-order valence-electron chi connectivity index (χ1n) is 12.5. The number of imidazole rings is 1. The Balaban J connectivity index is 1.61. The topological polar surface area (TPSA) is 62.5 Å². The third kappa shape index (κ3) is 7.10. The minimum Gasteiger partial charge on any atom is -0.476 e. The summed E-state index contributed by atoms with van der Waals surface area (Å²) in [6.07, 6.45) is 5.61. The Kier molecular flexibility index (Phi) is 8.96. The molecule has 1 heterocycles. The lowest BCUT2D eigenvalue weighted by Crippen LogP contribution is -2.39. The maximum Gasteiger partial charge on any atom is 0.349 e. The minimum atomic E-state index is -1.04. The van der Waals surface area contributed by atoms with Crippen LogP contribution in [0.2, 0.25) is 0 Å². The largest absolute Gasteiger partial charge is 0.476 e. The smallest absolute Gasteiger partial charge is 0.349 e. The lowest BCUT2D eigenvalue weighted by Gasteiger charge is -2.24. The Morgan fingerprint density at radius 2 is 1.60 bits per heavy atom. The number of esters is 1. The molecule has 2 aromatic carbocycles. The van der Waals surface area contributed by atoms with Gasteiger partial charge in [-0.25, -0.2) is 9.59 Å². The molecule has 0 fully saturated rings. The van der Waals surface area contributed by atoms with Crippen LogP contribution in [0.15, 0.2) is 59.5 Å². The first kappa shape index (κ1) is 26.3. The maximum atomic E-state index is 13.0. The van der Waals surface area contributed by atoms with Crippen molar-refractivity contribution in [2.75, 3.05) is 6.61 Å². The highest BCUT2D eigenvalue weighted by Crippen LogP contribution is 2.21. The highest BCUT2D eigenvalue weighted by molar-refractivity contribution is 5.79. The van der Waals surface area contributed by atoms with E-state index in [-0.39, 0.29) is 11.7 Å². The molecule has 0 aliphatic heterocycles. The van der Waals surface area contributed by atoms with E-state index in [1.54, 1.807) is 20.8 Å². The van der Waals surface area contributed by atoms with Crippen LogP contribution < -0.4 is 10.4 Å². The number of rotatable bonds is 12. The predicted octanol–water partition coefficient (Wildman–Crippen LogP) is 5.31. The van der Waals surface area contributed by atoms with Crippen LogP contribution in [0.4, 0.5) is 0 Å². The predicted molar refractivity (Wildman–Crippen MR) is 139 cm³/mol. The third-order valence-electron chi connectivity index (χ3n) is 6.01. The Morgan fingerprint density at radius 1 is 0.943 bits per heavy atom. The number of carbonyl (C=O) groups is 1. The number of benzene rings is 2. The molecule has 0 bridgehead atoms. The number of aromatic nitrogens is 2. The fourth-order valence-electron chi connectivity index (χ4n) is 4.09. The van der Waals surface area contributed by atoms with Crippen molar-refractivity contribution >= 4 is 5.97 Å². The van der Waals surface area contributed by atoms with Crippen molar-refractivity contribution in [1.82, 2.24) is 9.13 Å². The highest BCUT2D eigenvalue weighted by atomic mass is 16.6. The molecule has 0 aliphatic rings. The molecule has 35 heavy (non-hydrogen) atoms. The van der Waals surface area contributed by atoms with Crippen molar-refractivity contribution in [2.45, 2.75) is 79.0 Å². The molecule has 0 radical (unpaired) electrons. The molecule has 0 atom stereocenters. The Bertz CT molecular complexity index is 1150. The first-order valence-corrected chi connectivity index (χ1v) is 12.5. The lowest BCUT2D eigenvalue weighted by molar-refractivity contribution is -0.158. The fraction of sp³-hybridized carbons (Fsp3) is 0.448. The molecular formula is C29H38N2O4. The summed E-state index contributed by atoms with van der Waals surface area (Å²) < 4.78 is 14.7. The molecular weight excluding hydrogens is 440 g/mol. The van der Waals surface area contributed by atoms with E-state index in [1.165, 1.54) is 11.1 Å². The summed E-state index contributed by atoms with van der Waals surface area (Å²) in [5, 5.41) is 0. The summed E-state index contributed by atoms with van der Waals surface area (Å²) >= 11 is 0. The van der Waals surface area contributed by atoms with Crippen LogP contribution >= 0.6 is 0 Å². The van der Waals surface area contributed by atoms with Gasteiger partial charge in [0.15, 0.2) is 5.60 Å². The van der Waals surface area contributed by atoms with Crippen LogP contribution in [-0.2, 0) is 35.5 Å². The van der Waals surface area contributed by atoms with Crippen molar-refractivity contribution in [3.8, 4) is 5.75 Å². The van der Waals surface area contributed by atoms with Gasteiger partial charge in [0.1, 0.15) is 5.75 Å². The zero-order valence-electron chi connectivity index (χ0n) is 21.7. The van der Waals surface area contributed by atoms with Crippen molar-refractivity contribution < 1.29 is 14.3 Å². The molecule has 3 aromatic rings. The number of hydrogen-bond acceptors (Lipinski definition) is 4. The second-order valence-electron chi connectivity index (χ2n) is 9.50. The van der Waals surface area contributed by atoms with Crippen molar-refractivity contribution in [3.05, 3.63) is 87.6 Å². The summed E-state index contributed by atoms with van der Waals surface area (Å²) in [6, 6.07) is 16.2. The molecule has 0 amide bonds. The van der Waals surface area contributed by atoms with E-state index in [0.29, 0.717) is 18.9 Å². The Labute approximate surface area is 208 Å². The molecule has 0 unspecified atom stereocenters. The van der Waals surface area contributed by atoms with E-state index in [2.05, 4.69) is 38.1 Å². The summed E-state index contributed by atoms with van der Waals surface area (Å²) in [6.45, 7) is 11.0. The van der Waals surface area contributed by atoms with Gasteiger partial charge in [0.05, 0.1) is 13.2 Å². The van der Waals surface area contributed by atoms with Crippen LogP contribution in [0, 0.1) is 6.92 Å². The second kappa shape index (κ2) is 11.9. The Morgan fingerprint density at radius 3 is 2.23 bits per heavy atom. The van der Waals surface area contributed by atoms with Gasteiger partial charge in [0, 0.05) is 18.4 Å². The average Bonchev–Trinajstić information content (AvgIpc) is 3.11. The van der Waals surface area contributed by atoms with E-state index in [9.17, 15) is 9.59 Å². The van der Waals surface area contributed by atoms with Gasteiger partial charge in [0.25, 0.3) is 0 Å². The molecule has 6 heteroatoms. The highest BCUT2D eigenvalue weighted by Gasteiger charge is 2.31. The molecule has 0 spiro atoms. The minimum absolute atomic E-state index is 0.0631. The zero-order chi connectivity index (χ0) is 25.4. The van der Waals surface area contributed by atoms with Crippen LogP contribution in [0.3, 0.4) is 0 Å². The van der Waals surface area contributed by atoms with E-state index in [4.69, 9.17) is 9.47 Å². The lowest BCUT2D eigenvalue weighted by atomic mass is 10.1. The third-order valence-corrected chi connectivity index (χ3v) is 6.01. The fourth-order valence-corrected chi connectivity index (χ4v) is 4.09. The monoisotopic (exact) mass is 478 g/mol. The van der Waals surface area contributed by atoms with E-state index in [1.807, 2.05) is 39.6 Å². The number of carbonyl (C=O) groups excluding carboxylic acids is 1. The number of ether oxygens (including phenoxy) is 2. The maximum absolute atomic E-state index is 13.0. The van der Waals surface area contributed by atoms with Crippen LogP contribution in [-0.4, -0.2) is 27.3 Å². The normalized spacial score (nSPS) is 11.5. The Hall–Kier alpha value is -3.28. The van der Waals surface area contributed by atoms with Gasteiger partial charge in [-0.3, -0.25) is 9.13 Å². The molecule has 3 rings (SSSR count). The number of aryl methyl sites for hydroxylation is 3. The summed E-state index contributed by atoms with van der Waals surface area (Å²) in [4.78, 5) is 25.1. The molecule has 6 nitrogen and oxygen atoms in total. The SMILES string of the molecule is CCCn1c(CCCc2ccc(OC(C)(C)C(=O)OCC)cc2)cn(Cc2ccc(C)cc2)c1=O. The van der Waals surface area contributed by atoms with Gasteiger partial charge < -0.3 is 9.47 Å². The summed E-state index contributed by atoms with van der Waals surface area (Å²) in [5.41, 5.74) is 3.65. The first-order chi connectivity index (χ1) is 16.7. The molecule has 1 aromatic heterocycles. The van der Waals surface area contributed by atoms with Gasteiger partial charge in [-0.15, -0.1) is 0 Å². The summed E-state index contributed by atoms with van der Waals surface area (Å²) in [7, 11) is 0. The molecule has 0 N–H and O–H groups in total. The van der Waals surface area contributed by atoms with Crippen molar-refractivity contribution in [3.63, 3.8) is 0 Å². The number of hydrogen-bond donors (Lipinski definition) is 0. The van der Waals surface area contributed by atoms with Gasteiger partial charge in [0.2, 0.25) is 0 Å². The quantitative estimate of drug-likeness (QED) is 0.331. The van der Waals surface area contributed by atoms with E-state index in [0.717, 1.165) is 43.5 Å². The second-order valence-corrected chi connectivity index (χ2v) is 9.50. The van der Waals surface area contributed by atoms with Gasteiger partial charge >= 0.3 is 11.7 Å². The van der Waals surface area contributed by atoms with E-state index < -0.39 is 5.60 Å².